The molecule has 1 N–H and O–H groups in total. The number of hydrogen-bond acceptors (Lipinski definition) is 7. The summed E-state index contributed by atoms with van der Waals surface area (Å²) in [5, 5.41) is 5.38. The minimum atomic E-state index is -0.554. The largest absolute Gasteiger partial charge is 0.497 e. The topological polar surface area (TPSA) is 99.5 Å². The summed E-state index contributed by atoms with van der Waals surface area (Å²) >= 11 is 1.11. The van der Waals surface area contributed by atoms with Crippen LogP contribution in [0, 0.1) is 0 Å². The molecule has 0 atom stereocenters. The molecule has 0 saturated carbocycles. The van der Waals surface area contributed by atoms with Gasteiger partial charge in [0.2, 0.25) is 0 Å². The highest BCUT2D eigenvalue weighted by molar-refractivity contribution is 7.14. The number of amides is 1. The second-order valence-corrected chi connectivity index (χ2v) is 7.54. The Balaban J connectivity index is 1.76. The Morgan fingerprint density at radius 2 is 1.91 bits per heavy atom. The maximum Gasteiger partial charge on any atom is 0.357 e. The molecule has 4 rings (SSSR count). The van der Waals surface area contributed by atoms with Crippen molar-refractivity contribution in [3.8, 4) is 11.4 Å². The summed E-state index contributed by atoms with van der Waals surface area (Å²) in [6.45, 7) is 1.94. The van der Waals surface area contributed by atoms with Crippen molar-refractivity contribution in [1.29, 1.82) is 0 Å². The zero-order valence-corrected chi connectivity index (χ0v) is 18.1. The van der Waals surface area contributed by atoms with Gasteiger partial charge < -0.3 is 9.47 Å². The van der Waals surface area contributed by atoms with E-state index >= 15 is 0 Å². The molecule has 0 unspecified atom stereocenters. The van der Waals surface area contributed by atoms with Gasteiger partial charge in [-0.2, -0.15) is 0 Å². The van der Waals surface area contributed by atoms with Crippen LogP contribution in [0.25, 0.3) is 16.5 Å². The number of ether oxygens (including phenoxy) is 2. The lowest BCUT2D eigenvalue weighted by Gasteiger charge is -2.13. The van der Waals surface area contributed by atoms with Gasteiger partial charge in [0.05, 0.1) is 25.0 Å². The molecule has 0 bridgehead atoms. The average Bonchev–Trinajstić information content (AvgIpc) is 3.28. The number of hydrogen-bond donors (Lipinski definition) is 1. The van der Waals surface area contributed by atoms with Crippen molar-refractivity contribution in [1.82, 2.24) is 9.55 Å². The number of fused-ring (bicyclic) bond motifs is 1. The maximum atomic E-state index is 13.2. The molecule has 9 heteroatoms. The zero-order valence-electron chi connectivity index (χ0n) is 17.3. The Bertz CT molecular complexity index is 1380. The first kappa shape index (κ1) is 21.3. The van der Waals surface area contributed by atoms with Gasteiger partial charge >= 0.3 is 5.97 Å². The van der Waals surface area contributed by atoms with E-state index in [4.69, 9.17) is 9.47 Å². The number of anilines is 1. The first-order valence-electron chi connectivity index (χ1n) is 9.74. The van der Waals surface area contributed by atoms with Crippen molar-refractivity contribution >= 4 is 39.1 Å². The molecule has 0 aliphatic rings. The molecule has 4 aromatic rings. The van der Waals surface area contributed by atoms with Gasteiger partial charge in [-0.05, 0) is 25.1 Å². The highest BCUT2D eigenvalue weighted by Crippen LogP contribution is 2.22. The van der Waals surface area contributed by atoms with Gasteiger partial charge in [-0.1, -0.05) is 24.3 Å². The van der Waals surface area contributed by atoms with Gasteiger partial charge in [0.15, 0.2) is 10.8 Å². The SMILES string of the molecule is CCOC(=O)c1csc(NC(=O)c2cn(-c3cccc(OC)c3)c(=O)c3ccccc23)n1. The summed E-state index contributed by atoms with van der Waals surface area (Å²) in [7, 11) is 1.54. The molecule has 2 heterocycles. The van der Waals surface area contributed by atoms with E-state index in [1.165, 1.54) is 16.1 Å². The summed E-state index contributed by atoms with van der Waals surface area (Å²) in [5.41, 5.74) is 0.714. The van der Waals surface area contributed by atoms with E-state index in [0.29, 0.717) is 22.2 Å². The highest BCUT2D eigenvalue weighted by Gasteiger charge is 2.18. The number of carbonyl (C=O) groups is 2. The monoisotopic (exact) mass is 449 g/mol. The number of pyridine rings is 1. The molecular formula is C23H19N3O5S. The van der Waals surface area contributed by atoms with Crippen molar-refractivity contribution in [2.45, 2.75) is 6.92 Å². The molecule has 8 nitrogen and oxygen atoms in total. The normalized spacial score (nSPS) is 10.7. The predicted octanol–water partition coefficient (Wildman–Crippen LogP) is 3.88. The summed E-state index contributed by atoms with van der Waals surface area (Å²) < 4.78 is 11.6. The van der Waals surface area contributed by atoms with Crippen LogP contribution in [-0.4, -0.2) is 35.1 Å². The number of carbonyl (C=O) groups excluding carboxylic acids is 2. The Morgan fingerprint density at radius 1 is 1.12 bits per heavy atom. The van der Waals surface area contributed by atoms with E-state index in [9.17, 15) is 14.4 Å². The fourth-order valence-electron chi connectivity index (χ4n) is 3.22. The number of methoxy groups -OCH3 is 1. The lowest BCUT2D eigenvalue weighted by atomic mass is 10.1. The zero-order chi connectivity index (χ0) is 22.7. The molecular weight excluding hydrogens is 430 g/mol. The maximum absolute atomic E-state index is 13.2. The van der Waals surface area contributed by atoms with Crippen molar-refractivity contribution in [2.24, 2.45) is 0 Å². The minimum absolute atomic E-state index is 0.123. The van der Waals surface area contributed by atoms with E-state index < -0.39 is 11.9 Å². The number of esters is 1. The number of benzene rings is 2. The van der Waals surface area contributed by atoms with Crippen LogP contribution in [0.4, 0.5) is 5.13 Å². The number of rotatable bonds is 6. The third kappa shape index (κ3) is 4.10. The second-order valence-electron chi connectivity index (χ2n) is 6.68. The Morgan fingerprint density at radius 3 is 2.66 bits per heavy atom. The van der Waals surface area contributed by atoms with E-state index in [-0.39, 0.29) is 28.6 Å². The van der Waals surface area contributed by atoms with Crippen LogP contribution in [0.15, 0.2) is 64.9 Å². The molecule has 0 aliphatic heterocycles. The molecule has 32 heavy (non-hydrogen) atoms. The fraction of sp³-hybridized carbons (Fsp3) is 0.130. The van der Waals surface area contributed by atoms with Crippen LogP contribution in [0.5, 0.6) is 5.75 Å². The summed E-state index contributed by atoms with van der Waals surface area (Å²) in [6.07, 6.45) is 1.49. The van der Waals surface area contributed by atoms with Crippen LogP contribution in [0.2, 0.25) is 0 Å². The summed E-state index contributed by atoms with van der Waals surface area (Å²) in [5.74, 6) is -0.424. The summed E-state index contributed by atoms with van der Waals surface area (Å²) in [4.78, 5) is 42.2. The Hall–Kier alpha value is -3.98. The Kier molecular flexibility index (Phi) is 6.00. The van der Waals surface area contributed by atoms with Crippen molar-refractivity contribution < 1.29 is 19.1 Å². The first-order valence-corrected chi connectivity index (χ1v) is 10.6. The molecule has 2 aromatic heterocycles. The number of nitrogens with zero attached hydrogens (tertiary/aromatic N) is 2. The lowest BCUT2D eigenvalue weighted by Crippen LogP contribution is -2.22. The lowest BCUT2D eigenvalue weighted by molar-refractivity contribution is 0.0520. The van der Waals surface area contributed by atoms with E-state index in [1.54, 1.807) is 62.6 Å². The molecule has 0 spiro atoms. The number of thiazole rings is 1. The molecule has 0 aliphatic carbocycles. The molecule has 0 saturated heterocycles. The van der Waals surface area contributed by atoms with Gasteiger partial charge in [-0.3, -0.25) is 19.5 Å². The summed E-state index contributed by atoms with van der Waals surface area (Å²) in [6, 6.07) is 13.9. The van der Waals surface area contributed by atoms with Crippen LogP contribution < -0.4 is 15.6 Å². The second kappa shape index (κ2) is 9.03. The van der Waals surface area contributed by atoms with E-state index in [0.717, 1.165) is 11.3 Å². The molecule has 2 aromatic carbocycles. The third-order valence-electron chi connectivity index (χ3n) is 4.71. The number of nitrogens with one attached hydrogen (secondary N) is 1. The molecule has 0 fully saturated rings. The van der Waals surface area contributed by atoms with Crippen molar-refractivity contribution in [3.63, 3.8) is 0 Å². The van der Waals surface area contributed by atoms with E-state index in [2.05, 4.69) is 10.3 Å². The first-order chi connectivity index (χ1) is 15.5. The van der Waals surface area contributed by atoms with Crippen molar-refractivity contribution in [2.75, 3.05) is 19.0 Å². The van der Waals surface area contributed by atoms with Crippen LogP contribution in [-0.2, 0) is 4.74 Å². The average molecular weight is 449 g/mol. The quantitative estimate of drug-likeness (QED) is 0.449. The fourth-order valence-corrected chi connectivity index (χ4v) is 3.89. The molecule has 162 valence electrons. The molecule has 0 radical (unpaired) electrons. The van der Waals surface area contributed by atoms with Gasteiger partial charge in [-0.25, -0.2) is 9.78 Å². The third-order valence-corrected chi connectivity index (χ3v) is 5.47. The standard InChI is InChI=1S/C23H19N3O5S/c1-3-31-22(29)19-13-32-23(24-19)25-20(27)18-12-26(14-7-6-8-15(11-14)30-2)21(28)17-10-5-4-9-16(17)18/h4-13H,3H2,1-2H3,(H,24,25,27). The van der Waals surface area contributed by atoms with Crippen molar-refractivity contribution in [3.05, 3.63) is 81.7 Å². The minimum Gasteiger partial charge on any atom is -0.497 e. The Labute approximate surface area is 187 Å². The smallest absolute Gasteiger partial charge is 0.357 e. The van der Waals surface area contributed by atoms with Gasteiger partial charge in [0, 0.05) is 28.4 Å². The highest BCUT2D eigenvalue weighted by atomic mass is 32.1. The van der Waals surface area contributed by atoms with Crippen LogP contribution in [0.3, 0.4) is 0 Å². The van der Waals surface area contributed by atoms with Gasteiger partial charge in [0.1, 0.15) is 5.75 Å². The van der Waals surface area contributed by atoms with Gasteiger partial charge in [-0.15, -0.1) is 11.3 Å². The van der Waals surface area contributed by atoms with Crippen LogP contribution in [0.1, 0.15) is 27.8 Å². The number of aromatic nitrogens is 2. The van der Waals surface area contributed by atoms with Crippen LogP contribution >= 0.6 is 11.3 Å². The predicted molar refractivity (Wildman–Crippen MR) is 122 cm³/mol. The van der Waals surface area contributed by atoms with E-state index in [1.807, 2.05) is 0 Å². The molecule has 1 amide bonds. The van der Waals surface area contributed by atoms with Gasteiger partial charge in [0.25, 0.3) is 11.5 Å².